The maximum atomic E-state index is 12.0. The van der Waals surface area contributed by atoms with Gasteiger partial charge in [-0.05, 0) is 49.2 Å². The Balaban J connectivity index is 1.61. The largest absolute Gasteiger partial charge is 0.325 e. The van der Waals surface area contributed by atoms with E-state index in [9.17, 15) is 4.79 Å². The average Bonchev–Trinajstić information content (AvgIpc) is 2.76. The van der Waals surface area contributed by atoms with Crippen LogP contribution in [0, 0.1) is 11.3 Å². The summed E-state index contributed by atoms with van der Waals surface area (Å²) in [4.78, 5) is 12.0. The Labute approximate surface area is 99.2 Å². The molecule has 16 heavy (non-hydrogen) atoms. The summed E-state index contributed by atoms with van der Waals surface area (Å²) in [6, 6.07) is 1.96. The quantitative estimate of drug-likeness (QED) is 0.825. The van der Waals surface area contributed by atoms with Crippen molar-refractivity contribution in [3.05, 3.63) is 16.8 Å². The van der Waals surface area contributed by atoms with Gasteiger partial charge in [-0.3, -0.25) is 4.79 Å². The Morgan fingerprint density at radius 1 is 1.50 bits per heavy atom. The number of rotatable bonds is 2. The molecule has 1 atom stereocenters. The molecule has 1 aliphatic carbocycles. The number of nitrogens with one attached hydrogen (secondary N) is 2. The number of thiophene rings is 1. The summed E-state index contributed by atoms with van der Waals surface area (Å²) in [5.74, 6) is 0.481. The van der Waals surface area contributed by atoms with Crippen LogP contribution >= 0.6 is 11.3 Å². The van der Waals surface area contributed by atoms with E-state index in [0.29, 0.717) is 5.41 Å². The van der Waals surface area contributed by atoms with Crippen LogP contribution in [-0.4, -0.2) is 19.0 Å². The number of anilines is 1. The second kappa shape index (κ2) is 3.86. The van der Waals surface area contributed by atoms with Crippen LogP contribution in [0.3, 0.4) is 0 Å². The first-order chi connectivity index (χ1) is 7.80. The van der Waals surface area contributed by atoms with E-state index in [1.807, 2.05) is 16.8 Å². The van der Waals surface area contributed by atoms with Gasteiger partial charge in [0.2, 0.25) is 5.91 Å². The highest BCUT2D eigenvalue weighted by atomic mass is 32.1. The molecule has 1 saturated carbocycles. The van der Waals surface area contributed by atoms with Gasteiger partial charge in [-0.15, -0.1) is 0 Å². The third-order valence-electron chi connectivity index (χ3n) is 3.89. The first kappa shape index (κ1) is 10.3. The molecule has 3 rings (SSSR count). The molecule has 0 aromatic carbocycles. The van der Waals surface area contributed by atoms with Gasteiger partial charge in [-0.2, -0.15) is 11.3 Å². The molecular formula is C12H16N2OS. The molecule has 3 nitrogen and oxygen atoms in total. The molecule has 1 amide bonds. The Bertz CT molecular complexity index is 382. The zero-order valence-electron chi connectivity index (χ0n) is 9.16. The summed E-state index contributed by atoms with van der Waals surface area (Å²) < 4.78 is 0. The van der Waals surface area contributed by atoms with Crippen molar-refractivity contribution in [2.45, 2.75) is 19.3 Å². The first-order valence-corrected chi connectivity index (χ1v) is 6.78. The topological polar surface area (TPSA) is 41.1 Å². The number of amides is 1. The standard InChI is InChI=1S/C12H16N2OS/c15-11(14-9-1-6-16-8-9)10-7-12(10)2-4-13-5-3-12/h1,6,8,10,13H,2-5,7H2,(H,14,15). The minimum atomic E-state index is 0.223. The minimum absolute atomic E-state index is 0.223. The Hall–Kier alpha value is -0.870. The Morgan fingerprint density at radius 2 is 2.31 bits per heavy atom. The minimum Gasteiger partial charge on any atom is -0.325 e. The van der Waals surface area contributed by atoms with Crippen LogP contribution in [0.25, 0.3) is 0 Å². The second-order valence-corrected chi connectivity index (χ2v) is 5.65. The van der Waals surface area contributed by atoms with Gasteiger partial charge in [-0.25, -0.2) is 0 Å². The van der Waals surface area contributed by atoms with Crippen molar-refractivity contribution in [3.63, 3.8) is 0 Å². The first-order valence-electron chi connectivity index (χ1n) is 5.84. The molecular weight excluding hydrogens is 220 g/mol. The monoisotopic (exact) mass is 236 g/mol. The van der Waals surface area contributed by atoms with Gasteiger partial charge in [0, 0.05) is 11.3 Å². The molecule has 2 aliphatic rings. The Kier molecular flexibility index (Phi) is 2.48. The zero-order chi connectivity index (χ0) is 11.0. The number of carbonyl (C=O) groups is 1. The molecule has 1 spiro atoms. The number of carbonyl (C=O) groups excluding carboxylic acids is 1. The molecule has 1 saturated heterocycles. The lowest BCUT2D eigenvalue weighted by Crippen LogP contribution is -2.31. The molecule has 2 heterocycles. The van der Waals surface area contributed by atoms with Crippen LogP contribution in [0.1, 0.15) is 19.3 Å². The van der Waals surface area contributed by atoms with Crippen molar-refractivity contribution in [1.29, 1.82) is 0 Å². The highest BCUT2D eigenvalue weighted by Gasteiger charge is 2.57. The van der Waals surface area contributed by atoms with E-state index < -0.39 is 0 Å². The van der Waals surface area contributed by atoms with Crippen molar-refractivity contribution >= 4 is 22.9 Å². The fraction of sp³-hybridized carbons (Fsp3) is 0.583. The SMILES string of the molecule is O=C(Nc1ccsc1)C1CC12CCNCC2. The second-order valence-electron chi connectivity index (χ2n) is 4.87. The van der Waals surface area contributed by atoms with E-state index in [1.165, 1.54) is 0 Å². The zero-order valence-corrected chi connectivity index (χ0v) is 9.98. The summed E-state index contributed by atoms with van der Waals surface area (Å²) in [6.07, 6.45) is 3.41. The molecule has 4 heteroatoms. The van der Waals surface area contributed by atoms with Gasteiger partial charge >= 0.3 is 0 Å². The predicted octanol–water partition coefficient (Wildman–Crippen LogP) is 2.08. The molecule has 2 fully saturated rings. The van der Waals surface area contributed by atoms with E-state index in [-0.39, 0.29) is 11.8 Å². The van der Waals surface area contributed by atoms with Crippen molar-refractivity contribution in [1.82, 2.24) is 5.32 Å². The van der Waals surface area contributed by atoms with E-state index in [2.05, 4.69) is 10.6 Å². The van der Waals surface area contributed by atoms with Crippen molar-refractivity contribution in [2.75, 3.05) is 18.4 Å². The smallest absolute Gasteiger partial charge is 0.228 e. The van der Waals surface area contributed by atoms with Crippen LogP contribution in [0.4, 0.5) is 5.69 Å². The normalized spacial score (nSPS) is 26.6. The molecule has 1 unspecified atom stereocenters. The molecule has 1 aromatic heterocycles. The number of hydrogen-bond acceptors (Lipinski definition) is 3. The van der Waals surface area contributed by atoms with Gasteiger partial charge in [-0.1, -0.05) is 0 Å². The molecule has 1 aromatic rings. The van der Waals surface area contributed by atoms with E-state index in [0.717, 1.165) is 38.0 Å². The molecule has 86 valence electrons. The lowest BCUT2D eigenvalue weighted by molar-refractivity contribution is -0.118. The predicted molar refractivity (Wildman–Crippen MR) is 65.6 cm³/mol. The van der Waals surface area contributed by atoms with Crippen molar-refractivity contribution < 1.29 is 4.79 Å². The maximum absolute atomic E-state index is 12.0. The lowest BCUT2D eigenvalue weighted by Gasteiger charge is -2.23. The van der Waals surface area contributed by atoms with Crippen LogP contribution in [0.5, 0.6) is 0 Å². The summed E-state index contributed by atoms with van der Waals surface area (Å²) in [5.41, 5.74) is 1.29. The fourth-order valence-corrected chi connectivity index (χ4v) is 3.35. The number of hydrogen-bond donors (Lipinski definition) is 2. The van der Waals surface area contributed by atoms with Crippen LogP contribution in [-0.2, 0) is 4.79 Å². The van der Waals surface area contributed by atoms with Gasteiger partial charge in [0.15, 0.2) is 0 Å². The lowest BCUT2D eigenvalue weighted by atomic mass is 9.92. The third-order valence-corrected chi connectivity index (χ3v) is 4.58. The molecule has 2 N–H and O–H groups in total. The van der Waals surface area contributed by atoms with Crippen molar-refractivity contribution in [3.8, 4) is 0 Å². The van der Waals surface area contributed by atoms with E-state index in [4.69, 9.17) is 0 Å². The molecule has 0 radical (unpaired) electrons. The van der Waals surface area contributed by atoms with Gasteiger partial charge in [0.05, 0.1) is 5.69 Å². The third kappa shape index (κ3) is 1.76. The Morgan fingerprint density at radius 3 is 3.00 bits per heavy atom. The van der Waals surface area contributed by atoms with Crippen molar-refractivity contribution in [2.24, 2.45) is 11.3 Å². The molecule has 0 bridgehead atoms. The van der Waals surface area contributed by atoms with Gasteiger partial charge in [0.25, 0.3) is 0 Å². The highest BCUT2D eigenvalue weighted by Crippen LogP contribution is 2.58. The van der Waals surface area contributed by atoms with Gasteiger partial charge < -0.3 is 10.6 Å². The fourth-order valence-electron chi connectivity index (χ4n) is 2.76. The van der Waals surface area contributed by atoms with Crippen LogP contribution in [0.15, 0.2) is 16.8 Å². The van der Waals surface area contributed by atoms with Crippen LogP contribution < -0.4 is 10.6 Å². The van der Waals surface area contributed by atoms with E-state index in [1.54, 1.807) is 11.3 Å². The summed E-state index contributed by atoms with van der Waals surface area (Å²) in [7, 11) is 0. The summed E-state index contributed by atoms with van der Waals surface area (Å²) in [6.45, 7) is 2.14. The van der Waals surface area contributed by atoms with Gasteiger partial charge in [0.1, 0.15) is 0 Å². The van der Waals surface area contributed by atoms with Crippen LogP contribution in [0.2, 0.25) is 0 Å². The highest BCUT2D eigenvalue weighted by molar-refractivity contribution is 7.08. The maximum Gasteiger partial charge on any atom is 0.228 e. The van der Waals surface area contributed by atoms with E-state index >= 15 is 0 Å². The summed E-state index contributed by atoms with van der Waals surface area (Å²) >= 11 is 1.62. The number of piperidine rings is 1. The molecule has 1 aliphatic heterocycles. The average molecular weight is 236 g/mol. The summed E-state index contributed by atoms with van der Waals surface area (Å²) in [5, 5.41) is 10.3.